The summed E-state index contributed by atoms with van der Waals surface area (Å²) in [4.78, 5) is 9.85. The van der Waals surface area contributed by atoms with Gasteiger partial charge in [-0.2, -0.15) is 5.10 Å². The maximum Gasteiger partial charge on any atom is 0.167 e. The Kier molecular flexibility index (Phi) is 4.37. The topological polar surface area (TPSA) is 66.9 Å². The summed E-state index contributed by atoms with van der Waals surface area (Å²) in [6, 6.07) is 4.50. The van der Waals surface area contributed by atoms with Crippen molar-refractivity contribution in [3.63, 3.8) is 0 Å². The van der Waals surface area contributed by atoms with Crippen molar-refractivity contribution in [1.29, 1.82) is 0 Å². The zero-order valence-corrected chi connectivity index (χ0v) is 14.8. The van der Waals surface area contributed by atoms with E-state index in [1.807, 2.05) is 13.8 Å². The predicted octanol–water partition coefficient (Wildman–Crippen LogP) is 3.44. The largest absolute Gasteiger partial charge is 0.488 e. The second-order valence-electron chi connectivity index (χ2n) is 6.77. The molecule has 0 saturated carbocycles. The van der Waals surface area contributed by atoms with E-state index in [2.05, 4.69) is 20.2 Å². The van der Waals surface area contributed by atoms with Crippen molar-refractivity contribution in [2.75, 3.05) is 18.0 Å². The number of aromatic nitrogens is 4. The van der Waals surface area contributed by atoms with Crippen LogP contribution in [0.3, 0.4) is 0 Å². The molecule has 0 amide bonds. The van der Waals surface area contributed by atoms with Crippen molar-refractivity contribution in [2.24, 2.45) is 0 Å². The molecule has 0 bridgehead atoms. The lowest BCUT2D eigenvalue weighted by molar-refractivity contribution is 0.217. The first kappa shape index (κ1) is 17.6. The molecular weight excluding hydrogens is 359 g/mol. The molecule has 3 aromatic rings. The van der Waals surface area contributed by atoms with Crippen LogP contribution in [-0.4, -0.2) is 51.7 Å². The zero-order valence-electron chi connectivity index (χ0n) is 14.8. The van der Waals surface area contributed by atoms with Gasteiger partial charge in [0, 0.05) is 17.5 Å². The molecule has 1 aliphatic rings. The molecule has 6 nitrogen and oxygen atoms in total. The molecule has 142 valence electrons. The number of alkyl halides is 2. The summed E-state index contributed by atoms with van der Waals surface area (Å²) >= 11 is 0. The highest BCUT2D eigenvalue weighted by atomic mass is 19.2. The van der Waals surface area contributed by atoms with Crippen LogP contribution in [-0.2, 0) is 0 Å². The van der Waals surface area contributed by atoms with Crippen molar-refractivity contribution in [3.8, 4) is 17.1 Å². The van der Waals surface area contributed by atoms with Crippen LogP contribution in [0.1, 0.15) is 13.8 Å². The molecule has 3 heterocycles. The number of ether oxygens (including phenoxy) is 1. The molecule has 1 aromatic carbocycles. The van der Waals surface area contributed by atoms with E-state index in [4.69, 9.17) is 4.74 Å². The number of anilines is 1. The minimum absolute atomic E-state index is 0.0590. The molecule has 1 fully saturated rings. The number of fused-ring (bicyclic) bond motifs is 1. The van der Waals surface area contributed by atoms with Crippen molar-refractivity contribution in [3.05, 3.63) is 30.3 Å². The standard InChI is InChI=1S/C18H18F3N5O/c1-9(2)27-16-3-10-14(4-11(16)19)24-25-18(10)15-5-17(23-8-22-15)26-6-12(20)13(21)7-26/h3-5,8-9,12-13H,6-7H2,1-2H3,(H,24,25)/t12-,13-/m0/s1. The average Bonchev–Trinajstić information content (AvgIpc) is 3.18. The fourth-order valence-corrected chi connectivity index (χ4v) is 3.12. The first-order chi connectivity index (χ1) is 12.9. The number of hydrogen-bond acceptors (Lipinski definition) is 5. The molecule has 9 heteroatoms. The van der Waals surface area contributed by atoms with Gasteiger partial charge in [-0.3, -0.25) is 5.10 Å². The van der Waals surface area contributed by atoms with Crippen molar-refractivity contribution in [2.45, 2.75) is 32.3 Å². The summed E-state index contributed by atoms with van der Waals surface area (Å²) < 4.78 is 46.6. The molecular formula is C18H18F3N5O. The van der Waals surface area contributed by atoms with Crippen LogP contribution in [0.2, 0.25) is 0 Å². The van der Waals surface area contributed by atoms with Gasteiger partial charge in [0.25, 0.3) is 0 Å². The minimum Gasteiger partial charge on any atom is -0.488 e. The Labute approximate surface area is 153 Å². The highest BCUT2D eigenvalue weighted by Crippen LogP contribution is 2.32. The summed E-state index contributed by atoms with van der Waals surface area (Å²) in [5.41, 5.74) is 1.44. The second kappa shape index (κ2) is 6.71. The van der Waals surface area contributed by atoms with E-state index in [1.54, 1.807) is 12.1 Å². The van der Waals surface area contributed by atoms with Crippen LogP contribution in [0.15, 0.2) is 24.5 Å². The SMILES string of the molecule is CC(C)Oc1cc2c(-c3cc(N4C[C@H](F)[C@@H](F)C4)ncn3)n[nH]c2cc1F. The van der Waals surface area contributed by atoms with Gasteiger partial charge in [0.15, 0.2) is 23.9 Å². The van der Waals surface area contributed by atoms with Gasteiger partial charge in [0.1, 0.15) is 17.8 Å². The molecule has 1 saturated heterocycles. The van der Waals surface area contributed by atoms with Crippen LogP contribution >= 0.6 is 0 Å². The van der Waals surface area contributed by atoms with Crippen LogP contribution in [0, 0.1) is 5.82 Å². The van der Waals surface area contributed by atoms with E-state index >= 15 is 0 Å². The fraction of sp³-hybridized carbons (Fsp3) is 0.389. The fourth-order valence-electron chi connectivity index (χ4n) is 3.12. The maximum atomic E-state index is 14.2. The zero-order chi connectivity index (χ0) is 19.1. The number of aromatic amines is 1. The Bertz CT molecular complexity index is 967. The smallest absolute Gasteiger partial charge is 0.167 e. The van der Waals surface area contributed by atoms with Gasteiger partial charge < -0.3 is 9.64 Å². The lowest BCUT2D eigenvalue weighted by Gasteiger charge is -2.16. The minimum atomic E-state index is -1.53. The van der Waals surface area contributed by atoms with Gasteiger partial charge in [-0.1, -0.05) is 0 Å². The Morgan fingerprint density at radius 3 is 2.59 bits per heavy atom. The van der Waals surface area contributed by atoms with E-state index < -0.39 is 18.2 Å². The predicted molar refractivity (Wildman–Crippen MR) is 94.8 cm³/mol. The van der Waals surface area contributed by atoms with E-state index in [-0.39, 0.29) is 24.9 Å². The third-order valence-electron chi connectivity index (χ3n) is 4.38. The molecule has 2 aromatic heterocycles. The van der Waals surface area contributed by atoms with Crippen molar-refractivity contribution in [1.82, 2.24) is 20.2 Å². The van der Waals surface area contributed by atoms with Gasteiger partial charge in [0.2, 0.25) is 0 Å². The van der Waals surface area contributed by atoms with Gasteiger partial charge in [-0.15, -0.1) is 0 Å². The number of nitrogens with zero attached hydrogens (tertiary/aromatic N) is 4. The lowest BCUT2D eigenvalue weighted by atomic mass is 10.1. The third kappa shape index (κ3) is 3.29. The number of H-pyrrole nitrogens is 1. The van der Waals surface area contributed by atoms with Crippen molar-refractivity contribution >= 4 is 16.7 Å². The molecule has 2 atom stereocenters. The van der Waals surface area contributed by atoms with Gasteiger partial charge in [-0.25, -0.2) is 23.1 Å². The normalized spacial score (nSPS) is 20.0. The quantitative estimate of drug-likeness (QED) is 0.754. The van der Waals surface area contributed by atoms with E-state index in [1.165, 1.54) is 17.3 Å². The molecule has 0 radical (unpaired) electrons. The molecule has 0 aliphatic carbocycles. The highest BCUT2D eigenvalue weighted by molar-refractivity contribution is 5.93. The average molecular weight is 377 g/mol. The number of hydrogen-bond donors (Lipinski definition) is 1. The molecule has 27 heavy (non-hydrogen) atoms. The summed E-state index contributed by atoms with van der Waals surface area (Å²) in [6.45, 7) is 3.50. The number of halogens is 3. The van der Waals surface area contributed by atoms with E-state index in [0.29, 0.717) is 28.1 Å². The van der Waals surface area contributed by atoms with Crippen LogP contribution in [0.5, 0.6) is 5.75 Å². The second-order valence-corrected chi connectivity index (χ2v) is 6.77. The van der Waals surface area contributed by atoms with Gasteiger partial charge >= 0.3 is 0 Å². The summed E-state index contributed by atoms with van der Waals surface area (Å²) in [5, 5.41) is 7.62. The number of rotatable bonds is 4. The lowest BCUT2D eigenvalue weighted by Crippen LogP contribution is -2.21. The molecule has 1 aliphatic heterocycles. The van der Waals surface area contributed by atoms with Gasteiger partial charge in [0.05, 0.1) is 30.4 Å². The monoisotopic (exact) mass is 377 g/mol. The Balaban J connectivity index is 1.73. The van der Waals surface area contributed by atoms with Crippen LogP contribution < -0.4 is 9.64 Å². The van der Waals surface area contributed by atoms with E-state index in [0.717, 1.165) is 0 Å². The van der Waals surface area contributed by atoms with E-state index in [9.17, 15) is 13.2 Å². The molecule has 0 spiro atoms. The number of nitrogens with one attached hydrogen (secondary N) is 1. The first-order valence-corrected chi connectivity index (χ1v) is 8.62. The molecule has 1 N–H and O–H groups in total. The Hall–Kier alpha value is -2.84. The Morgan fingerprint density at radius 1 is 1.15 bits per heavy atom. The summed E-state index contributed by atoms with van der Waals surface area (Å²) in [6.07, 6.45) is -1.93. The van der Waals surface area contributed by atoms with Crippen molar-refractivity contribution < 1.29 is 17.9 Å². The number of benzene rings is 1. The summed E-state index contributed by atoms with van der Waals surface area (Å²) in [7, 11) is 0. The molecule has 4 rings (SSSR count). The summed E-state index contributed by atoms with van der Waals surface area (Å²) in [5.74, 6) is 0.0454. The Morgan fingerprint density at radius 2 is 1.89 bits per heavy atom. The third-order valence-corrected chi connectivity index (χ3v) is 4.38. The van der Waals surface area contributed by atoms with Gasteiger partial charge in [-0.05, 0) is 19.9 Å². The van der Waals surface area contributed by atoms with Crippen LogP contribution in [0.25, 0.3) is 22.3 Å². The van der Waals surface area contributed by atoms with Crippen LogP contribution in [0.4, 0.5) is 19.0 Å². The first-order valence-electron chi connectivity index (χ1n) is 8.62. The highest BCUT2D eigenvalue weighted by Gasteiger charge is 2.33. The maximum absolute atomic E-state index is 14.2. The molecule has 0 unspecified atom stereocenters.